The van der Waals surface area contributed by atoms with Gasteiger partial charge in [-0.1, -0.05) is 31.5 Å². The van der Waals surface area contributed by atoms with Crippen LogP contribution in [0, 0.1) is 12.8 Å². The highest BCUT2D eigenvalue weighted by atomic mass is 16.3. The van der Waals surface area contributed by atoms with Crippen LogP contribution in [-0.2, 0) is 0 Å². The number of aromatic nitrogens is 2. The van der Waals surface area contributed by atoms with Crippen LogP contribution in [0.4, 0.5) is 10.6 Å². The molecule has 0 aliphatic carbocycles. The van der Waals surface area contributed by atoms with E-state index in [9.17, 15) is 4.79 Å². The van der Waals surface area contributed by atoms with Gasteiger partial charge in [0, 0.05) is 19.2 Å². The monoisotopic (exact) mass is 330 g/mol. The van der Waals surface area contributed by atoms with Crippen LogP contribution in [0.25, 0.3) is 5.69 Å². The van der Waals surface area contributed by atoms with Crippen molar-refractivity contribution >= 4 is 11.8 Å². The Hall–Kier alpha value is -2.34. The molecule has 1 atom stereocenters. The van der Waals surface area contributed by atoms with Crippen molar-refractivity contribution in [3.63, 3.8) is 0 Å². The Labute approximate surface area is 142 Å². The van der Waals surface area contributed by atoms with Gasteiger partial charge in [0.1, 0.15) is 5.82 Å². The predicted octanol–water partition coefficient (Wildman–Crippen LogP) is 3.10. The number of amides is 2. The maximum Gasteiger partial charge on any atom is 0.320 e. The average Bonchev–Trinajstić information content (AvgIpc) is 3.01. The zero-order valence-corrected chi connectivity index (χ0v) is 14.3. The third-order valence-electron chi connectivity index (χ3n) is 4.01. The van der Waals surface area contributed by atoms with E-state index in [0.29, 0.717) is 24.7 Å². The smallest absolute Gasteiger partial charge is 0.320 e. The zero-order valence-electron chi connectivity index (χ0n) is 14.3. The maximum absolute atomic E-state index is 12.2. The predicted molar refractivity (Wildman–Crippen MR) is 95.4 cm³/mol. The molecule has 2 aromatic rings. The number of benzene rings is 1. The molecule has 1 unspecified atom stereocenters. The summed E-state index contributed by atoms with van der Waals surface area (Å²) in [6, 6.07) is 9.39. The SMILES string of the molecule is CCCC(CCO)CNC(=O)Nc1ccnn1-c1ccccc1C. The molecule has 2 rings (SSSR count). The van der Waals surface area contributed by atoms with E-state index in [2.05, 4.69) is 22.7 Å². The number of hydrogen-bond donors (Lipinski definition) is 3. The first kappa shape index (κ1) is 18.0. The average molecular weight is 330 g/mol. The third-order valence-corrected chi connectivity index (χ3v) is 4.01. The number of aliphatic hydroxyl groups is 1. The lowest BCUT2D eigenvalue weighted by Gasteiger charge is -2.16. The molecule has 24 heavy (non-hydrogen) atoms. The molecule has 6 heteroatoms. The van der Waals surface area contributed by atoms with E-state index in [1.165, 1.54) is 0 Å². The van der Waals surface area contributed by atoms with Gasteiger partial charge in [0.2, 0.25) is 0 Å². The van der Waals surface area contributed by atoms with Crippen molar-refractivity contribution in [2.24, 2.45) is 5.92 Å². The van der Waals surface area contributed by atoms with Crippen molar-refractivity contribution in [2.45, 2.75) is 33.1 Å². The zero-order chi connectivity index (χ0) is 17.4. The minimum absolute atomic E-state index is 0.147. The Balaban J connectivity index is 1.98. The number of anilines is 1. The summed E-state index contributed by atoms with van der Waals surface area (Å²) in [6.07, 6.45) is 4.39. The van der Waals surface area contributed by atoms with Crippen molar-refractivity contribution in [2.75, 3.05) is 18.5 Å². The highest BCUT2D eigenvalue weighted by Crippen LogP contribution is 2.18. The van der Waals surface area contributed by atoms with Crippen molar-refractivity contribution < 1.29 is 9.90 Å². The quantitative estimate of drug-likeness (QED) is 0.696. The summed E-state index contributed by atoms with van der Waals surface area (Å²) in [5, 5.41) is 19.1. The van der Waals surface area contributed by atoms with Gasteiger partial charge in [0.25, 0.3) is 0 Å². The van der Waals surface area contributed by atoms with Gasteiger partial charge in [-0.2, -0.15) is 5.10 Å². The topological polar surface area (TPSA) is 79.2 Å². The van der Waals surface area contributed by atoms with Crippen molar-refractivity contribution in [1.29, 1.82) is 0 Å². The number of rotatable bonds is 8. The van der Waals surface area contributed by atoms with Gasteiger partial charge in [0.15, 0.2) is 0 Å². The van der Waals surface area contributed by atoms with Crippen LogP contribution in [0.3, 0.4) is 0 Å². The first-order valence-electron chi connectivity index (χ1n) is 8.41. The number of nitrogens with one attached hydrogen (secondary N) is 2. The highest BCUT2D eigenvalue weighted by Gasteiger charge is 2.12. The molecule has 3 N–H and O–H groups in total. The summed E-state index contributed by atoms with van der Waals surface area (Å²) in [4.78, 5) is 12.2. The van der Waals surface area contributed by atoms with E-state index >= 15 is 0 Å². The Bertz CT molecular complexity index is 648. The second-order valence-electron chi connectivity index (χ2n) is 5.92. The number of aliphatic hydroxyl groups excluding tert-OH is 1. The van der Waals surface area contributed by atoms with Gasteiger partial charge in [-0.15, -0.1) is 0 Å². The molecule has 2 amide bonds. The second-order valence-corrected chi connectivity index (χ2v) is 5.92. The minimum Gasteiger partial charge on any atom is -0.396 e. The molecule has 6 nitrogen and oxygen atoms in total. The molecule has 1 heterocycles. The van der Waals surface area contributed by atoms with Crippen LogP contribution in [0.15, 0.2) is 36.5 Å². The van der Waals surface area contributed by atoms with Gasteiger partial charge in [-0.25, -0.2) is 9.48 Å². The van der Waals surface area contributed by atoms with Crippen LogP contribution >= 0.6 is 0 Å². The number of carbonyl (C=O) groups excluding carboxylic acids is 1. The van der Waals surface area contributed by atoms with Crippen LogP contribution in [0.2, 0.25) is 0 Å². The van der Waals surface area contributed by atoms with Gasteiger partial charge in [0.05, 0.1) is 11.9 Å². The molecule has 0 aliphatic heterocycles. The lowest BCUT2D eigenvalue weighted by Crippen LogP contribution is -2.34. The van der Waals surface area contributed by atoms with Crippen LogP contribution in [-0.4, -0.2) is 34.1 Å². The lowest BCUT2D eigenvalue weighted by atomic mass is 10.0. The van der Waals surface area contributed by atoms with E-state index in [1.807, 2.05) is 31.2 Å². The first-order valence-corrected chi connectivity index (χ1v) is 8.41. The summed E-state index contributed by atoms with van der Waals surface area (Å²) >= 11 is 0. The summed E-state index contributed by atoms with van der Waals surface area (Å²) in [5.74, 6) is 0.919. The Morgan fingerprint density at radius 1 is 1.29 bits per heavy atom. The number of urea groups is 1. The normalized spacial score (nSPS) is 12.0. The lowest BCUT2D eigenvalue weighted by molar-refractivity contribution is 0.236. The van der Waals surface area contributed by atoms with Crippen molar-refractivity contribution in [3.8, 4) is 5.69 Å². The molecule has 0 saturated heterocycles. The molecule has 0 radical (unpaired) electrons. The molecule has 0 spiro atoms. The summed E-state index contributed by atoms with van der Waals surface area (Å²) in [7, 11) is 0. The van der Waals surface area contributed by atoms with E-state index in [1.54, 1.807) is 16.9 Å². The van der Waals surface area contributed by atoms with E-state index in [-0.39, 0.29) is 12.6 Å². The number of carbonyl (C=O) groups is 1. The molecular weight excluding hydrogens is 304 g/mol. The number of aryl methyl sites for hydroxylation is 1. The molecule has 1 aromatic carbocycles. The van der Waals surface area contributed by atoms with Crippen molar-refractivity contribution in [1.82, 2.24) is 15.1 Å². The fraction of sp³-hybridized carbons (Fsp3) is 0.444. The standard InChI is InChI=1S/C18H26N4O2/c1-3-6-15(10-12-23)13-19-18(24)21-17-9-11-20-22(17)16-8-5-4-7-14(16)2/h4-5,7-9,11,15,23H,3,6,10,12-13H2,1-2H3,(H2,19,21,24). The van der Waals surface area contributed by atoms with Gasteiger partial charge in [-0.3, -0.25) is 5.32 Å². The molecule has 0 bridgehead atoms. The van der Waals surface area contributed by atoms with Crippen LogP contribution < -0.4 is 10.6 Å². The maximum atomic E-state index is 12.2. The van der Waals surface area contributed by atoms with Gasteiger partial charge in [-0.05, 0) is 37.3 Å². The van der Waals surface area contributed by atoms with E-state index in [0.717, 1.165) is 24.1 Å². The molecule has 0 saturated carbocycles. The molecule has 1 aromatic heterocycles. The fourth-order valence-corrected chi connectivity index (χ4v) is 2.73. The Morgan fingerprint density at radius 2 is 2.08 bits per heavy atom. The molecular formula is C18H26N4O2. The van der Waals surface area contributed by atoms with E-state index in [4.69, 9.17) is 5.11 Å². The third kappa shape index (κ3) is 4.83. The summed E-state index contributed by atoms with van der Waals surface area (Å²) in [5.41, 5.74) is 2.01. The van der Waals surface area contributed by atoms with Gasteiger partial charge < -0.3 is 10.4 Å². The second kappa shape index (κ2) is 9.08. The summed E-state index contributed by atoms with van der Waals surface area (Å²) in [6.45, 7) is 4.81. The largest absolute Gasteiger partial charge is 0.396 e. The molecule has 130 valence electrons. The highest BCUT2D eigenvalue weighted by molar-refractivity contribution is 5.88. The minimum atomic E-state index is -0.260. The number of hydrogen-bond acceptors (Lipinski definition) is 3. The van der Waals surface area contributed by atoms with Crippen molar-refractivity contribution in [3.05, 3.63) is 42.1 Å². The summed E-state index contributed by atoms with van der Waals surface area (Å²) < 4.78 is 1.71. The Morgan fingerprint density at radius 3 is 2.79 bits per heavy atom. The van der Waals surface area contributed by atoms with Crippen LogP contribution in [0.1, 0.15) is 31.7 Å². The van der Waals surface area contributed by atoms with Gasteiger partial charge >= 0.3 is 6.03 Å². The number of para-hydroxylation sites is 1. The first-order chi connectivity index (χ1) is 11.7. The fourth-order valence-electron chi connectivity index (χ4n) is 2.73. The van der Waals surface area contributed by atoms with Crippen LogP contribution in [0.5, 0.6) is 0 Å². The Kier molecular flexibility index (Phi) is 6.81. The molecule has 0 fully saturated rings. The number of nitrogens with zero attached hydrogens (tertiary/aromatic N) is 2. The van der Waals surface area contributed by atoms with E-state index < -0.39 is 0 Å². The molecule has 0 aliphatic rings.